The molecular weight excluding hydrogens is 412 g/mol. The van der Waals surface area contributed by atoms with Gasteiger partial charge in [0.2, 0.25) is 0 Å². The largest absolute Gasteiger partial charge is 0.494 e. The maximum Gasteiger partial charge on any atom is 0.267 e. The lowest BCUT2D eigenvalue weighted by Crippen LogP contribution is -2.44. The average Bonchev–Trinajstić information content (AvgIpc) is 2.76. The lowest BCUT2D eigenvalue weighted by atomic mass is 10.1. The SMILES string of the molecule is CCOc1ccc(NC(=O)/C(C#N)=C\N2CCN(c3cccc(C)c3C)CC2)cc1.Cl. The Labute approximate surface area is 190 Å². The molecule has 0 unspecified atom stereocenters. The fraction of sp³-hybridized carbons (Fsp3) is 0.333. The number of aryl methyl sites for hydroxylation is 1. The predicted octanol–water partition coefficient (Wildman–Crippen LogP) is 4.29. The molecule has 1 fully saturated rings. The molecule has 0 aromatic heterocycles. The highest BCUT2D eigenvalue weighted by atomic mass is 35.5. The van der Waals surface area contributed by atoms with Crippen LogP contribution in [-0.2, 0) is 4.79 Å². The molecule has 0 aliphatic carbocycles. The first kappa shape index (κ1) is 24.1. The third-order valence-corrected chi connectivity index (χ3v) is 5.33. The number of nitrogens with zero attached hydrogens (tertiary/aromatic N) is 3. The van der Waals surface area contributed by atoms with E-state index < -0.39 is 5.91 Å². The quantitative estimate of drug-likeness (QED) is 0.536. The fourth-order valence-corrected chi connectivity index (χ4v) is 3.49. The number of rotatable bonds is 6. The van der Waals surface area contributed by atoms with Crippen LogP contribution in [0.4, 0.5) is 11.4 Å². The Morgan fingerprint density at radius 3 is 2.42 bits per heavy atom. The molecule has 1 amide bonds. The van der Waals surface area contributed by atoms with Crippen LogP contribution < -0.4 is 15.0 Å². The lowest BCUT2D eigenvalue weighted by molar-refractivity contribution is -0.112. The Morgan fingerprint density at radius 2 is 1.81 bits per heavy atom. The number of anilines is 2. The van der Waals surface area contributed by atoms with Crippen LogP contribution in [0.15, 0.2) is 54.2 Å². The summed E-state index contributed by atoms with van der Waals surface area (Å²) in [5.74, 6) is 0.340. The molecule has 3 rings (SSSR count). The average molecular weight is 441 g/mol. The molecule has 1 saturated heterocycles. The number of hydrogen-bond acceptors (Lipinski definition) is 5. The molecule has 1 aliphatic rings. The molecule has 0 radical (unpaired) electrons. The van der Waals surface area contributed by atoms with Gasteiger partial charge in [0.25, 0.3) is 5.91 Å². The van der Waals surface area contributed by atoms with Crippen LogP contribution in [0.1, 0.15) is 18.1 Å². The summed E-state index contributed by atoms with van der Waals surface area (Å²) in [7, 11) is 0. The molecule has 31 heavy (non-hydrogen) atoms. The topological polar surface area (TPSA) is 68.6 Å². The molecule has 0 atom stereocenters. The minimum absolute atomic E-state index is 0. The Morgan fingerprint density at radius 1 is 1.13 bits per heavy atom. The zero-order chi connectivity index (χ0) is 21.5. The second-order valence-electron chi connectivity index (χ2n) is 7.31. The molecule has 0 saturated carbocycles. The minimum atomic E-state index is -0.404. The van der Waals surface area contributed by atoms with Crippen molar-refractivity contribution in [3.05, 3.63) is 65.4 Å². The molecule has 7 heteroatoms. The van der Waals surface area contributed by atoms with Crippen molar-refractivity contribution in [3.63, 3.8) is 0 Å². The van der Waals surface area contributed by atoms with E-state index in [1.54, 1.807) is 30.5 Å². The summed E-state index contributed by atoms with van der Waals surface area (Å²) in [6.07, 6.45) is 1.67. The number of hydrogen-bond donors (Lipinski definition) is 1. The van der Waals surface area contributed by atoms with Crippen LogP contribution in [-0.4, -0.2) is 43.6 Å². The van der Waals surface area contributed by atoms with E-state index in [1.807, 2.05) is 17.9 Å². The van der Waals surface area contributed by atoms with E-state index in [4.69, 9.17) is 4.74 Å². The smallest absolute Gasteiger partial charge is 0.267 e. The number of ether oxygens (including phenoxy) is 1. The van der Waals surface area contributed by atoms with Crippen molar-refractivity contribution in [1.29, 1.82) is 5.26 Å². The molecule has 2 aromatic rings. The first-order chi connectivity index (χ1) is 14.5. The summed E-state index contributed by atoms with van der Waals surface area (Å²) in [4.78, 5) is 16.9. The predicted molar refractivity (Wildman–Crippen MR) is 127 cm³/mol. The molecule has 1 aliphatic heterocycles. The fourth-order valence-electron chi connectivity index (χ4n) is 3.49. The second-order valence-corrected chi connectivity index (χ2v) is 7.31. The maximum atomic E-state index is 12.5. The first-order valence-electron chi connectivity index (χ1n) is 10.2. The van der Waals surface area contributed by atoms with Gasteiger partial charge < -0.3 is 19.9 Å². The molecule has 164 valence electrons. The lowest BCUT2D eigenvalue weighted by Gasteiger charge is -2.36. The summed E-state index contributed by atoms with van der Waals surface area (Å²) >= 11 is 0. The molecular formula is C24H29ClN4O2. The number of halogens is 1. The third-order valence-electron chi connectivity index (χ3n) is 5.33. The summed E-state index contributed by atoms with van der Waals surface area (Å²) < 4.78 is 5.40. The van der Waals surface area contributed by atoms with Crippen LogP contribution in [0.5, 0.6) is 5.75 Å². The van der Waals surface area contributed by atoms with Crippen molar-refractivity contribution in [2.45, 2.75) is 20.8 Å². The number of nitrogens with one attached hydrogen (secondary N) is 1. The van der Waals surface area contributed by atoms with Gasteiger partial charge in [0.05, 0.1) is 6.61 Å². The Bertz CT molecular complexity index is 959. The number of nitriles is 1. The van der Waals surface area contributed by atoms with Crippen molar-refractivity contribution in [2.24, 2.45) is 0 Å². The molecule has 2 aromatic carbocycles. The summed E-state index contributed by atoms with van der Waals surface area (Å²) in [6.45, 7) is 9.99. The van der Waals surface area contributed by atoms with Gasteiger partial charge in [-0.1, -0.05) is 12.1 Å². The van der Waals surface area contributed by atoms with Gasteiger partial charge in [-0.3, -0.25) is 4.79 Å². The van der Waals surface area contributed by atoms with Crippen LogP contribution >= 0.6 is 12.4 Å². The van der Waals surface area contributed by atoms with Crippen molar-refractivity contribution in [1.82, 2.24) is 4.90 Å². The Hall–Kier alpha value is -3.17. The molecule has 0 spiro atoms. The van der Waals surface area contributed by atoms with E-state index in [2.05, 4.69) is 42.3 Å². The third kappa shape index (κ3) is 6.16. The molecule has 1 N–H and O–H groups in total. The van der Waals surface area contributed by atoms with E-state index in [0.29, 0.717) is 12.3 Å². The monoisotopic (exact) mass is 440 g/mol. The number of carbonyl (C=O) groups excluding carboxylic acids is 1. The zero-order valence-electron chi connectivity index (χ0n) is 18.2. The molecule has 1 heterocycles. The van der Waals surface area contributed by atoms with E-state index in [0.717, 1.165) is 31.9 Å². The van der Waals surface area contributed by atoms with Gasteiger partial charge in [-0.05, 0) is 62.2 Å². The van der Waals surface area contributed by atoms with Gasteiger partial charge in [-0.2, -0.15) is 5.26 Å². The van der Waals surface area contributed by atoms with Crippen LogP contribution in [0.3, 0.4) is 0 Å². The summed E-state index contributed by atoms with van der Waals surface area (Å²) in [5, 5.41) is 12.3. The van der Waals surface area contributed by atoms with E-state index >= 15 is 0 Å². The standard InChI is InChI=1S/C24H28N4O2.ClH/c1-4-30-22-10-8-21(9-11-22)26-24(29)20(16-25)17-27-12-14-28(15-13-27)23-7-5-6-18(2)19(23)3;/h5-11,17H,4,12-15H2,1-3H3,(H,26,29);1H/b20-17-;. The van der Waals surface area contributed by atoms with Gasteiger partial charge in [0, 0.05) is 43.8 Å². The van der Waals surface area contributed by atoms with Crippen LogP contribution in [0.2, 0.25) is 0 Å². The molecule has 6 nitrogen and oxygen atoms in total. The number of benzene rings is 2. The minimum Gasteiger partial charge on any atom is -0.494 e. The second kappa shape index (κ2) is 11.3. The number of amides is 1. The Balaban J connectivity index is 0.00000341. The van der Waals surface area contributed by atoms with Gasteiger partial charge in [0.1, 0.15) is 17.4 Å². The van der Waals surface area contributed by atoms with E-state index in [-0.39, 0.29) is 18.0 Å². The van der Waals surface area contributed by atoms with Crippen molar-refractivity contribution in [2.75, 3.05) is 43.0 Å². The van der Waals surface area contributed by atoms with Gasteiger partial charge in [-0.15, -0.1) is 12.4 Å². The molecule has 0 bridgehead atoms. The van der Waals surface area contributed by atoms with E-state index in [9.17, 15) is 10.1 Å². The number of piperazine rings is 1. The van der Waals surface area contributed by atoms with Crippen molar-refractivity contribution in [3.8, 4) is 11.8 Å². The first-order valence-corrected chi connectivity index (χ1v) is 10.2. The Kier molecular flexibility index (Phi) is 8.77. The van der Waals surface area contributed by atoms with Crippen molar-refractivity contribution < 1.29 is 9.53 Å². The van der Waals surface area contributed by atoms with E-state index in [1.165, 1.54) is 16.8 Å². The summed E-state index contributed by atoms with van der Waals surface area (Å²) in [6, 6.07) is 15.5. The maximum absolute atomic E-state index is 12.5. The highest BCUT2D eigenvalue weighted by molar-refractivity contribution is 6.06. The van der Waals surface area contributed by atoms with Gasteiger partial charge >= 0.3 is 0 Å². The number of carbonyl (C=O) groups is 1. The highest BCUT2D eigenvalue weighted by Gasteiger charge is 2.19. The van der Waals surface area contributed by atoms with Crippen LogP contribution in [0.25, 0.3) is 0 Å². The summed E-state index contributed by atoms with van der Waals surface area (Å²) in [5.41, 5.74) is 4.57. The normalized spacial score (nSPS) is 13.8. The zero-order valence-corrected chi connectivity index (χ0v) is 19.0. The van der Waals surface area contributed by atoms with Gasteiger partial charge in [0.15, 0.2) is 0 Å². The van der Waals surface area contributed by atoms with Crippen molar-refractivity contribution >= 4 is 29.7 Å². The highest BCUT2D eigenvalue weighted by Crippen LogP contribution is 2.24. The van der Waals surface area contributed by atoms with Gasteiger partial charge in [-0.25, -0.2) is 0 Å². The van der Waals surface area contributed by atoms with Crippen LogP contribution in [0, 0.1) is 25.2 Å².